The van der Waals surface area contributed by atoms with E-state index in [-0.39, 0.29) is 49.5 Å². The summed E-state index contributed by atoms with van der Waals surface area (Å²) in [7, 11) is 0. The van der Waals surface area contributed by atoms with Gasteiger partial charge < -0.3 is 29.0 Å². The van der Waals surface area contributed by atoms with Crippen molar-refractivity contribution in [3.8, 4) is 0 Å². The molecule has 3 atom stereocenters. The minimum Gasteiger partial charge on any atom is -0.458 e. The highest BCUT2D eigenvalue weighted by Crippen LogP contribution is 2.47. The van der Waals surface area contributed by atoms with Crippen LogP contribution in [0.2, 0.25) is 0 Å². The number of β-lactam (4-membered cyclic amide) rings is 1. The van der Waals surface area contributed by atoms with Crippen molar-refractivity contribution in [3.05, 3.63) is 101 Å². The summed E-state index contributed by atoms with van der Waals surface area (Å²) in [5, 5.41) is 9.22. The molecular formula is C39H46FNO8. The molecule has 9 nitrogen and oxygen atoms in total. The maximum Gasteiger partial charge on any atom is 0.303 e. The highest BCUT2D eigenvalue weighted by atomic mass is 19.1. The van der Waals surface area contributed by atoms with Crippen LogP contribution in [0, 0.1) is 11.7 Å². The Morgan fingerprint density at radius 2 is 1.53 bits per heavy atom. The second kappa shape index (κ2) is 15.6. The highest BCUT2D eigenvalue weighted by molar-refractivity contribution is 6.03. The lowest BCUT2D eigenvalue weighted by Crippen LogP contribution is -2.55. The largest absolute Gasteiger partial charge is 0.458 e. The molecule has 0 unspecified atom stereocenters. The van der Waals surface area contributed by atoms with Gasteiger partial charge in [0.15, 0.2) is 11.4 Å². The quantitative estimate of drug-likeness (QED) is 0.151. The van der Waals surface area contributed by atoms with E-state index in [4.69, 9.17) is 18.9 Å². The molecule has 2 saturated heterocycles. The van der Waals surface area contributed by atoms with Gasteiger partial charge in [0.25, 0.3) is 0 Å². The first kappa shape index (κ1) is 36.2. The van der Waals surface area contributed by atoms with Crippen LogP contribution in [0.3, 0.4) is 0 Å². The van der Waals surface area contributed by atoms with Crippen molar-refractivity contribution in [2.75, 3.05) is 24.7 Å². The molecule has 0 radical (unpaired) electrons. The van der Waals surface area contributed by atoms with Crippen molar-refractivity contribution in [1.29, 1.82) is 0 Å². The van der Waals surface area contributed by atoms with Crippen LogP contribution in [0.15, 0.2) is 72.8 Å². The van der Waals surface area contributed by atoms with E-state index < -0.39 is 23.5 Å². The number of amides is 1. The standard InChI is InChI=1S/C39H46FNO8/c1-26(43)48-35(30-13-15-32(40)16-14-30)20-19-34-36(41(37(34)45)33-17-9-28(10-18-33)6-5-23-42)31-11-7-29(8-12-31)21-22-39(49-27(2)44)24-46-38(3,4)47-25-39/h7-18,34-36,42H,5-6,19-25H2,1-4H3/t34-,35+,36-/m1/s1. The van der Waals surface area contributed by atoms with Crippen LogP contribution in [-0.4, -0.2) is 54.2 Å². The summed E-state index contributed by atoms with van der Waals surface area (Å²) in [5.74, 6) is -2.36. The maximum atomic E-state index is 13.8. The normalized spacial score (nSPS) is 20.3. The molecule has 3 aromatic rings. The van der Waals surface area contributed by atoms with Gasteiger partial charge in [0, 0.05) is 26.1 Å². The number of aliphatic hydroxyl groups excluding tert-OH is 1. The number of aryl methyl sites for hydroxylation is 2. The molecule has 2 aliphatic heterocycles. The molecule has 1 amide bonds. The molecule has 0 bridgehead atoms. The number of hydrogen-bond donors (Lipinski definition) is 1. The van der Waals surface area contributed by atoms with Crippen LogP contribution in [-0.2, 0) is 46.2 Å². The van der Waals surface area contributed by atoms with Gasteiger partial charge in [-0.3, -0.25) is 14.4 Å². The number of halogens is 1. The number of esters is 2. The summed E-state index contributed by atoms with van der Waals surface area (Å²) in [5.41, 5.74) is 3.65. The fourth-order valence-electron chi connectivity index (χ4n) is 6.61. The van der Waals surface area contributed by atoms with Gasteiger partial charge in [-0.05, 0) is 98.9 Å². The summed E-state index contributed by atoms with van der Waals surface area (Å²) in [6, 6.07) is 21.6. The topological polar surface area (TPSA) is 112 Å². The second-order valence-corrected chi connectivity index (χ2v) is 13.5. The molecule has 10 heteroatoms. The van der Waals surface area contributed by atoms with Crippen LogP contribution in [0.4, 0.5) is 10.1 Å². The summed E-state index contributed by atoms with van der Waals surface area (Å²) in [6.45, 7) is 6.97. The summed E-state index contributed by atoms with van der Waals surface area (Å²) in [6.07, 6.45) is 2.77. The highest BCUT2D eigenvalue weighted by Gasteiger charge is 2.49. The van der Waals surface area contributed by atoms with E-state index in [0.717, 1.165) is 28.8 Å². The van der Waals surface area contributed by atoms with E-state index >= 15 is 0 Å². The lowest BCUT2D eigenvalue weighted by molar-refractivity contribution is -0.305. The third kappa shape index (κ3) is 9.12. The van der Waals surface area contributed by atoms with Gasteiger partial charge in [0.1, 0.15) is 11.9 Å². The molecule has 2 aliphatic rings. The molecule has 5 rings (SSSR count). The van der Waals surface area contributed by atoms with E-state index in [0.29, 0.717) is 37.7 Å². The van der Waals surface area contributed by atoms with Crippen molar-refractivity contribution in [2.24, 2.45) is 5.92 Å². The number of nitrogens with zero attached hydrogens (tertiary/aromatic N) is 1. The second-order valence-electron chi connectivity index (χ2n) is 13.5. The van der Waals surface area contributed by atoms with Gasteiger partial charge in [-0.15, -0.1) is 0 Å². The van der Waals surface area contributed by atoms with E-state index in [1.165, 1.54) is 26.0 Å². The smallest absolute Gasteiger partial charge is 0.303 e. The fraction of sp³-hybridized carbons (Fsp3) is 0.462. The number of ether oxygens (including phenoxy) is 4. The molecule has 1 N–H and O–H groups in total. The fourth-order valence-corrected chi connectivity index (χ4v) is 6.61. The average molecular weight is 676 g/mol. The van der Waals surface area contributed by atoms with E-state index in [9.17, 15) is 23.9 Å². The molecule has 3 aromatic carbocycles. The Hall–Kier alpha value is -4.12. The van der Waals surface area contributed by atoms with Gasteiger partial charge in [-0.2, -0.15) is 0 Å². The number of hydrogen-bond acceptors (Lipinski definition) is 8. The first-order chi connectivity index (χ1) is 23.4. The van der Waals surface area contributed by atoms with Gasteiger partial charge in [-0.1, -0.05) is 48.5 Å². The lowest BCUT2D eigenvalue weighted by atomic mass is 9.78. The van der Waals surface area contributed by atoms with Gasteiger partial charge >= 0.3 is 11.9 Å². The van der Waals surface area contributed by atoms with E-state index in [1.807, 2.05) is 67.3 Å². The van der Waals surface area contributed by atoms with Crippen LogP contribution in [0.1, 0.15) is 87.8 Å². The average Bonchev–Trinajstić information content (AvgIpc) is 3.07. The third-order valence-corrected chi connectivity index (χ3v) is 9.26. The zero-order chi connectivity index (χ0) is 35.2. The predicted molar refractivity (Wildman–Crippen MR) is 181 cm³/mol. The number of anilines is 1. The van der Waals surface area contributed by atoms with Crippen molar-refractivity contribution >= 4 is 23.5 Å². The van der Waals surface area contributed by atoms with Crippen molar-refractivity contribution in [3.63, 3.8) is 0 Å². The Balaban J connectivity index is 1.35. The zero-order valence-electron chi connectivity index (χ0n) is 28.7. The molecule has 0 aromatic heterocycles. The predicted octanol–water partition coefficient (Wildman–Crippen LogP) is 6.56. The van der Waals surface area contributed by atoms with Crippen LogP contribution < -0.4 is 4.90 Å². The summed E-state index contributed by atoms with van der Waals surface area (Å²) < 4.78 is 36.7. The number of rotatable bonds is 14. The summed E-state index contributed by atoms with van der Waals surface area (Å²) >= 11 is 0. The number of aliphatic hydroxyl groups is 1. The Morgan fingerprint density at radius 3 is 2.12 bits per heavy atom. The van der Waals surface area contributed by atoms with E-state index in [1.54, 1.807) is 12.1 Å². The molecular weight excluding hydrogens is 629 g/mol. The molecule has 262 valence electrons. The van der Waals surface area contributed by atoms with Gasteiger partial charge in [0.2, 0.25) is 5.91 Å². The monoisotopic (exact) mass is 675 g/mol. The zero-order valence-corrected chi connectivity index (χ0v) is 28.7. The molecule has 2 heterocycles. The van der Waals surface area contributed by atoms with Crippen LogP contribution in [0.5, 0.6) is 0 Å². The minimum absolute atomic E-state index is 0.0265. The minimum atomic E-state index is -0.880. The lowest BCUT2D eigenvalue weighted by Gasteiger charge is -2.48. The molecule has 0 spiro atoms. The Labute approximate surface area is 287 Å². The SMILES string of the molecule is CC(=O)O[C@@H](CC[C@H]1C(=O)N(c2ccc(CCCO)cc2)[C@@H]1c1ccc(CCC2(OC(C)=O)COC(C)(C)OC2)cc1)c1ccc(F)cc1. The van der Waals surface area contributed by atoms with Crippen molar-refractivity contribution in [1.82, 2.24) is 0 Å². The first-order valence-electron chi connectivity index (χ1n) is 16.9. The van der Waals surface area contributed by atoms with Crippen LogP contribution in [0.25, 0.3) is 0 Å². The Bertz CT molecular complexity index is 1580. The van der Waals surface area contributed by atoms with Gasteiger partial charge in [-0.25, -0.2) is 4.39 Å². The summed E-state index contributed by atoms with van der Waals surface area (Å²) in [4.78, 5) is 39.5. The van der Waals surface area contributed by atoms with E-state index in [2.05, 4.69) is 0 Å². The molecule has 2 fully saturated rings. The first-order valence-corrected chi connectivity index (χ1v) is 16.9. The Morgan fingerprint density at radius 1 is 0.918 bits per heavy atom. The maximum absolute atomic E-state index is 13.8. The molecule has 0 aliphatic carbocycles. The number of carbonyl (C=O) groups is 3. The Kier molecular flexibility index (Phi) is 11.5. The van der Waals surface area contributed by atoms with Crippen molar-refractivity contribution < 1.29 is 42.8 Å². The van der Waals surface area contributed by atoms with Crippen LogP contribution >= 0.6 is 0 Å². The molecule has 0 saturated carbocycles. The van der Waals surface area contributed by atoms with Crippen molar-refractivity contribution in [2.45, 2.75) is 89.8 Å². The number of benzene rings is 3. The third-order valence-electron chi connectivity index (χ3n) is 9.26. The van der Waals surface area contributed by atoms with Gasteiger partial charge in [0.05, 0.1) is 25.2 Å². The number of carbonyl (C=O) groups excluding carboxylic acids is 3. The molecule has 49 heavy (non-hydrogen) atoms.